The summed E-state index contributed by atoms with van der Waals surface area (Å²) in [6, 6.07) is 7.00. The van der Waals surface area contributed by atoms with E-state index in [-0.39, 0.29) is 11.8 Å². The average molecular weight is 360 g/mol. The van der Waals surface area contributed by atoms with Crippen molar-refractivity contribution in [3.63, 3.8) is 0 Å². The van der Waals surface area contributed by atoms with Crippen molar-refractivity contribution >= 4 is 15.9 Å². The number of fused-ring (bicyclic) bond motifs is 2. The molecule has 0 unspecified atom stereocenters. The van der Waals surface area contributed by atoms with Crippen molar-refractivity contribution in [1.82, 2.24) is 9.21 Å². The number of hydrogen-bond donors (Lipinski definition) is 0. The summed E-state index contributed by atoms with van der Waals surface area (Å²) in [5, 5.41) is 0. The number of benzene rings is 1. The third kappa shape index (κ3) is 3.02. The summed E-state index contributed by atoms with van der Waals surface area (Å²) >= 11 is 0. The fourth-order valence-corrected chi connectivity index (χ4v) is 5.90. The van der Waals surface area contributed by atoms with E-state index in [1.54, 1.807) is 18.2 Å². The van der Waals surface area contributed by atoms with Gasteiger partial charge in [-0.1, -0.05) is 24.3 Å². The number of carbonyl (C=O) groups is 1. The molecule has 0 radical (unpaired) electrons. The number of sulfonamides is 1. The summed E-state index contributed by atoms with van der Waals surface area (Å²) in [4.78, 5) is 15.0. The second kappa shape index (κ2) is 6.25. The molecule has 25 heavy (non-hydrogen) atoms. The summed E-state index contributed by atoms with van der Waals surface area (Å²) in [5.74, 6) is 1.29. The van der Waals surface area contributed by atoms with E-state index in [1.165, 1.54) is 4.31 Å². The summed E-state index contributed by atoms with van der Waals surface area (Å²) in [6.45, 7) is 3.61. The molecule has 2 aliphatic carbocycles. The van der Waals surface area contributed by atoms with Gasteiger partial charge >= 0.3 is 0 Å². The van der Waals surface area contributed by atoms with E-state index in [2.05, 4.69) is 12.2 Å². The maximum atomic E-state index is 12.8. The van der Waals surface area contributed by atoms with Gasteiger partial charge in [-0.2, -0.15) is 4.31 Å². The van der Waals surface area contributed by atoms with Gasteiger partial charge in [0.15, 0.2) is 0 Å². The number of amides is 1. The molecule has 1 saturated carbocycles. The highest BCUT2D eigenvalue weighted by molar-refractivity contribution is 7.89. The summed E-state index contributed by atoms with van der Waals surface area (Å²) in [5.41, 5.74) is 0.930. The maximum Gasteiger partial charge on any atom is 0.243 e. The first-order chi connectivity index (χ1) is 11.9. The fraction of sp³-hybridized carbons (Fsp3) is 0.526. The van der Waals surface area contributed by atoms with Crippen molar-refractivity contribution in [2.75, 3.05) is 26.2 Å². The number of carbonyl (C=O) groups excluding carboxylic acids is 1. The normalized spacial score (nSPS) is 29.3. The Kier molecular flexibility index (Phi) is 4.20. The van der Waals surface area contributed by atoms with Gasteiger partial charge in [0.25, 0.3) is 0 Å². The van der Waals surface area contributed by atoms with E-state index in [9.17, 15) is 13.2 Å². The Morgan fingerprint density at radius 3 is 2.44 bits per heavy atom. The predicted octanol–water partition coefficient (Wildman–Crippen LogP) is 2.04. The lowest BCUT2D eigenvalue weighted by molar-refractivity contribution is -0.137. The van der Waals surface area contributed by atoms with Gasteiger partial charge in [-0.3, -0.25) is 4.79 Å². The first-order valence-electron chi connectivity index (χ1n) is 8.99. The van der Waals surface area contributed by atoms with Crippen LogP contribution in [-0.2, 0) is 14.8 Å². The highest BCUT2D eigenvalue weighted by atomic mass is 32.2. The SMILES string of the molecule is Cc1cccc(S(=O)(=O)N2CCN(C(=O)[C@H]3C[C@H]4C=C[C@H]3C4)CC2)c1. The fourth-order valence-electron chi connectivity index (χ4n) is 4.37. The van der Waals surface area contributed by atoms with Gasteiger partial charge in [0, 0.05) is 32.1 Å². The van der Waals surface area contributed by atoms with Crippen LogP contribution >= 0.6 is 0 Å². The second-order valence-electron chi connectivity index (χ2n) is 7.43. The minimum atomic E-state index is -3.48. The predicted molar refractivity (Wildman–Crippen MR) is 95.4 cm³/mol. The number of nitrogens with zero attached hydrogens (tertiary/aromatic N) is 2. The lowest BCUT2D eigenvalue weighted by Crippen LogP contribution is -2.52. The lowest BCUT2D eigenvalue weighted by Gasteiger charge is -2.36. The van der Waals surface area contributed by atoms with Crippen LogP contribution in [0.5, 0.6) is 0 Å². The molecule has 134 valence electrons. The number of rotatable bonds is 3. The van der Waals surface area contributed by atoms with Crippen molar-refractivity contribution in [3.05, 3.63) is 42.0 Å². The Hall–Kier alpha value is -1.66. The monoisotopic (exact) mass is 360 g/mol. The molecule has 4 rings (SSSR count). The van der Waals surface area contributed by atoms with Crippen LogP contribution < -0.4 is 0 Å². The molecule has 1 aliphatic heterocycles. The first-order valence-corrected chi connectivity index (χ1v) is 10.4. The van der Waals surface area contributed by atoms with Gasteiger partial charge in [-0.15, -0.1) is 0 Å². The maximum absolute atomic E-state index is 12.8. The molecule has 1 saturated heterocycles. The molecule has 2 bridgehead atoms. The summed E-state index contributed by atoms with van der Waals surface area (Å²) < 4.78 is 27.1. The molecule has 1 aromatic carbocycles. The molecule has 3 aliphatic rings. The van der Waals surface area contributed by atoms with E-state index >= 15 is 0 Å². The van der Waals surface area contributed by atoms with Crippen LogP contribution in [0, 0.1) is 24.7 Å². The third-order valence-corrected chi connectivity index (χ3v) is 7.67. The molecule has 0 aromatic heterocycles. The number of hydrogen-bond acceptors (Lipinski definition) is 3. The molecule has 6 heteroatoms. The number of piperazine rings is 1. The first kappa shape index (κ1) is 16.8. The van der Waals surface area contributed by atoms with Crippen LogP contribution in [0.15, 0.2) is 41.3 Å². The van der Waals surface area contributed by atoms with E-state index < -0.39 is 10.0 Å². The largest absolute Gasteiger partial charge is 0.340 e. The standard InChI is InChI=1S/C19H24N2O3S/c1-14-3-2-4-17(11-14)25(23,24)21-9-7-20(8-10-21)19(22)18-13-15-5-6-16(18)12-15/h2-6,11,15-16,18H,7-10,12-13H2,1H3/t15-,16-,18-/m0/s1. The highest BCUT2D eigenvalue weighted by Crippen LogP contribution is 2.44. The Bertz CT molecular complexity index is 810. The Morgan fingerprint density at radius 2 is 1.84 bits per heavy atom. The zero-order chi connectivity index (χ0) is 17.6. The second-order valence-corrected chi connectivity index (χ2v) is 9.37. The quantitative estimate of drug-likeness (QED) is 0.775. The van der Waals surface area contributed by atoms with E-state index in [1.807, 2.05) is 17.9 Å². The van der Waals surface area contributed by atoms with Crippen LogP contribution in [0.2, 0.25) is 0 Å². The average Bonchev–Trinajstić information content (AvgIpc) is 3.24. The van der Waals surface area contributed by atoms with Crippen molar-refractivity contribution in [3.8, 4) is 0 Å². The number of allylic oxidation sites excluding steroid dienone is 2. The minimum Gasteiger partial charge on any atom is -0.340 e. The molecule has 3 atom stereocenters. The smallest absolute Gasteiger partial charge is 0.243 e. The molecular formula is C19H24N2O3S. The third-order valence-electron chi connectivity index (χ3n) is 5.77. The molecule has 0 N–H and O–H groups in total. The molecular weight excluding hydrogens is 336 g/mol. The van der Waals surface area contributed by atoms with E-state index in [4.69, 9.17) is 0 Å². The zero-order valence-electron chi connectivity index (χ0n) is 14.5. The molecule has 2 fully saturated rings. The molecule has 5 nitrogen and oxygen atoms in total. The van der Waals surface area contributed by atoms with Crippen molar-refractivity contribution in [1.29, 1.82) is 0 Å². The van der Waals surface area contributed by atoms with Crippen LogP contribution in [-0.4, -0.2) is 49.7 Å². The van der Waals surface area contributed by atoms with Crippen molar-refractivity contribution in [2.24, 2.45) is 17.8 Å². The van der Waals surface area contributed by atoms with Gasteiger partial charge in [-0.05, 0) is 49.3 Å². The molecule has 1 amide bonds. The van der Waals surface area contributed by atoms with Gasteiger partial charge in [0.2, 0.25) is 15.9 Å². The van der Waals surface area contributed by atoms with Crippen LogP contribution in [0.3, 0.4) is 0 Å². The topological polar surface area (TPSA) is 57.7 Å². The molecule has 1 aromatic rings. The van der Waals surface area contributed by atoms with Gasteiger partial charge < -0.3 is 4.90 Å². The van der Waals surface area contributed by atoms with Crippen molar-refractivity contribution in [2.45, 2.75) is 24.7 Å². The summed E-state index contributed by atoms with van der Waals surface area (Å²) in [7, 11) is -3.48. The zero-order valence-corrected chi connectivity index (χ0v) is 15.3. The Labute approximate surface area is 149 Å². The summed E-state index contributed by atoms with van der Waals surface area (Å²) in [6.07, 6.45) is 6.50. The highest BCUT2D eigenvalue weighted by Gasteiger charge is 2.42. The molecule has 0 spiro atoms. The number of aryl methyl sites for hydroxylation is 1. The van der Waals surface area contributed by atoms with Crippen LogP contribution in [0.25, 0.3) is 0 Å². The molecule has 1 heterocycles. The van der Waals surface area contributed by atoms with Crippen LogP contribution in [0.1, 0.15) is 18.4 Å². The lowest BCUT2D eigenvalue weighted by atomic mass is 9.92. The van der Waals surface area contributed by atoms with Gasteiger partial charge in [0.05, 0.1) is 4.90 Å². The van der Waals surface area contributed by atoms with Gasteiger partial charge in [0.1, 0.15) is 0 Å². The van der Waals surface area contributed by atoms with E-state index in [0.717, 1.165) is 18.4 Å². The Morgan fingerprint density at radius 1 is 1.08 bits per heavy atom. The van der Waals surface area contributed by atoms with Crippen LogP contribution in [0.4, 0.5) is 0 Å². The van der Waals surface area contributed by atoms with E-state index in [0.29, 0.717) is 42.9 Å². The van der Waals surface area contributed by atoms with Crippen molar-refractivity contribution < 1.29 is 13.2 Å². The Balaban J connectivity index is 1.41. The minimum absolute atomic E-state index is 0.106. The van der Waals surface area contributed by atoms with Gasteiger partial charge in [-0.25, -0.2) is 8.42 Å².